The van der Waals surface area contributed by atoms with Crippen molar-refractivity contribution in [2.45, 2.75) is 12.3 Å². The normalized spacial score (nSPS) is 17.1. The molecule has 4 heteroatoms. The fraction of sp³-hybridized carbons (Fsp3) is 0.125. The molecule has 20 heavy (non-hydrogen) atoms. The number of benzene rings is 1. The number of hydrogen-bond donors (Lipinski definition) is 1. The molecule has 0 bridgehead atoms. The third kappa shape index (κ3) is 1.77. The van der Waals surface area contributed by atoms with Crippen LogP contribution >= 0.6 is 0 Å². The van der Waals surface area contributed by atoms with E-state index in [1.54, 1.807) is 12.5 Å². The minimum absolute atomic E-state index is 0.390. The first-order chi connectivity index (χ1) is 9.92. The van der Waals surface area contributed by atoms with Gasteiger partial charge in [-0.2, -0.15) is 5.10 Å². The second-order valence-electron chi connectivity index (χ2n) is 4.88. The SMILES string of the molecule is C1=CC(c2ccccc2)Cc2[nH]nc(-c3ncco3)c21. The Morgan fingerprint density at radius 3 is 2.90 bits per heavy atom. The van der Waals surface area contributed by atoms with Gasteiger partial charge in [0.05, 0.1) is 6.20 Å². The molecule has 3 aromatic rings. The molecular weight excluding hydrogens is 250 g/mol. The highest BCUT2D eigenvalue weighted by molar-refractivity contribution is 5.70. The molecule has 0 radical (unpaired) electrons. The summed E-state index contributed by atoms with van der Waals surface area (Å²) in [5, 5.41) is 7.45. The highest BCUT2D eigenvalue weighted by Crippen LogP contribution is 2.33. The van der Waals surface area contributed by atoms with Crippen LogP contribution in [0.1, 0.15) is 22.7 Å². The zero-order valence-electron chi connectivity index (χ0n) is 10.8. The van der Waals surface area contributed by atoms with Crippen molar-refractivity contribution in [3.8, 4) is 11.6 Å². The highest BCUT2D eigenvalue weighted by Gasteiger charge is 2.22. The van der Waals surface area contributed by atoms with Crippen LogP contribution in [0, 0.1) is 0 Å². The standard InChI is InChI=1S/C16H13N3O/c1-2-4-11(5-3-1)12-6-7-13-14(10-12)18-19-15(13)16-17-8-9-20-16/h1-9,12H,10H2,(H,18,19). The van der Waals surface area contributed by atoms with Crippen molar-refractivity contribution in [1.29, 1.82) is 0 Å². The third-order valence-corrected chi connectivity index (χ3v) is 3.66. The summed E-state index contributed by atoms with van der Waals surface area (Å²) in [5.74, 6) is 0.951. The van der Waals surface area contributed by atoms with Crippen molar-refractivity contribution in [2.75, 3.05) is 0 Å². The number of nitrogens with one attached hydrogen (secondary N) is 1. The maximum Gasteiger partial charge on any atom is 0.247 e. The van der Waals surface area contributed by atoms with E-state index in [4.69, 9.17) is 4.42 Å². The number of aromatic nitrogens is 3. The molecule has 1 aliphatic carbocycles. The second-order valence-corrected chi connectivity index (χ2v) is 4.88. The Morgan fingerprint density at radius 2 is 2.10 bits per heavy atom. The van der Waals surface area contributed by atoms with E-state index in [0.717, 1.165) is 23.4 Å². The van der Waals surface area contributed by atoms with Crippen molar-refractivity contribution in [3.05, 3.63) is 65.7 Å². The van der Waals surface area contributed by atoms with Crippen molar-refractivity contribution in [2.24, 2.45) is 0 Å². The molecule has 0 fully saturated rings. The van der Waals surface area contributed by atoms with Gasteiger partial charge in [-0.1, -0.05) is 42.5 Å². The van der Waals surface area contributed by atoms with Gasteiger partial charge in [0.1, 0.15) is 6.26 Å². The van der Waals surface area contributed by atoms with Crippen LogP contribution in [-0.4, -0.2) is 15.2 Å². The molecule has 0 spiro atoms. The molecule has 0 saturated carbocycles. The molecule has 2 aromatic heterocycles. The summed E-state index contributed by atoms with van der Waals surface area (Å²) >= 11 is 0. The number of allylic oxidation sites excluding steroid dienone is 1. The lowest BCUT2D eigenvalue weighted by atomic mass is 9.88. The van der Waals surface area contributed by atoms with Gasteiger partial charge in [0.2, 0.25) is 5.89 Å². The van der Waals surface area contributed by atoms with Gasteiger partial charge in [-0.25, -0.2) is 4.98 Å². The highest BCUT2D eigenvalue weighted by atomic mass is 16.3. The van der Waals surface area contributed by atoms with Gasteiger partial charge in [0, 0.05) is 23.6 Å². The number of rotatable bonds is 2. The molecule has 2 heterocycles. The zero-order valence-corrected chi connectivity index (χ0v) is 10.8. The van der Waals surface area contributed by atoms with Crippen LogP contribution in [0.2, 0.25) is 0 Å². The van der Waals surface area contributed by atoms with E-state index in [0.29, 0.717) is 11.8 Å². The Balaban J connectivity index is 1.70. The fourth-order valence-electron chi connectivity index (χ4n) is 2.65. The summed E-state index contributed by atoms with van der Waals surface area (Å²) in [4.78, 5) is 4.16. The zero-order chi connectivity index (χ0) is 13.4. The van der Waals surface area contributed by atoms with E-state index in [-0.39, 0.29) is 0 Å². The van der Waals surface area contributed by atoms with Gasteiger partial charge in [-0.05, 0) is 5.56 Å². The Kier molecular flexibility index (Phi) is 2.52. The molecule has 1 atom stereocenters. The van der Waals surface area contributed by atoms with Crippen LogP contribution in [0.3, 0.4) is 0 Å². The number of oxazole rings is 1. The van der Waals surface area contributed by atoms with Gasteiger partial charge < -0.3 is 4.42 Å². The second kappa shape index (κ2) is 4.49. The average molecular weight is 263 g/mol. The maximum absolute atomic E-state index is 5.33. The first-order valence-corrected chi connectivity index (χ1v) is 6.62. The summed E-state index contributed by atoms with van der Waals surface area (Å²) in [6.07, 6.45) is 8.45. The lowest BCUT2D eigenvalue weighted by molar-refractivity contribution is 0.571. The lowest BCUT2D eigenvalue weighted by Gasteiger charge is -2.16. The van der Waals surface area contributed by atoms with Gasteiger partial charge >= 0.3 is 0 Å². The predicted octanol–water partition coefficient (Wildman–Crippen LogP) is 3.42. The molecule has 1 aromatic carbocycles. The number of fused-ring (bicyclic) bond motifs is 1. The van der Waals surface area contributed by atoms with E-state index < -0.39 is 0 Å². The predicted molar refractivity (Wildman–Crippen MR) is 76.0 cm³/mol. The van der Waals surface area contributed by atoms with Crippen LogP contribution in [0.15, 0.2) is 53.3 Å². The minimum Gasteiger partial charge on any atom is -0.443 e. The number of H-pyrrole nitrogens is 1. The molecule has 1 aliphatic rings. The van der Waals surface area contributed by atoms with Gasteiger partial charge in [0.25, 0.3) is 0 Å². The monoisotopic (exact) mass is 263 g/mol. The van der Waals surface area contributed by atoms with Gasteiger partial charge in [0.15, 0.2) is 5.69 Å². The van der Waals surface area contributed by atoms with Crippen LogP contribution < -0.4 is 0 Å². The fourth-order valence-corrected chi connectivity index (χ4v) is 2.65. The Bertz CT molecular complexity index is 741. The smallest absolute Gasteiger partial charge is 0.247 e. The van der Waals surface area contributed by atoms with Crippen molar-refractivity contribution in [3.63, 3.8) is 0 Å². The summed E-state index contributed by atoms with van der Waals surface area (Å²) in [7, 11) is 0. The molecule has 1 N–H and O–H groups in total. The van der Waals surface area contributed by atoms with Gasteiger partial charge in [-0.15, -0.1) is 0 Å². The Morgan fingerprint density at radius 1 is 1.20 bits per heavy atom. The maximum atomic E-state index is 5.33. The number of aromatic amines is 1. The quantitative estimate of drug-likeness (QED) is 0.770. The van der Waals surface area contributed by atoms with E-state index >= 15 is 0 Å². The first-order valence-electron chi connectivity index (χ1n) is 6.62. The molecule has 98 valence electrons. The van der Waals surface area contributed by atoms with E-state index in [1.165, 1.54) is 5.56 Å². The minimum atomic E-state index is 0.390. The molecule has 0 aliphatic heterocycles. The summed E-state index contributed by atoms with van der Waals surface area (Å²) < 4.78 is 5.33. The Labute approximate surface area is 116 Å². The lowest BCUT2D eigenvalue weighted by Crippen LogP contribution is -2.05. The summed E-state index contributed by atoms with van der Waals surface area (Å²) in [6.45, 7) is 0. The van der Waals surface area contributed by atoms with E-state index in [2.05, 4.69) is 51.6 Å². The first kappa shape index (κ1) is 11.2. The topological polar surface area (TPSA) is 54.7 Å². The van der Waals surface area contributed by atoms with Gasteiger partial charge in [-0.3, -0.25) is 5.10 Å². The summed E-state index contributed by atoms with van der Waals surface area (Å²) in [5.41, 5.74) is 4.32. The van der Waals surface area contributed by atoms with Crippen LogP contribution in [0.4, 0.5) is 0 Å². The molecule has 0 amide bonds. The van der Waals surface area contributed by atoms with E-state index in [9.17, 15) is 0 Å². The van der Waals surface area contributed by atoms with Crippen LogP contribution in [-0.2, 0) is 6.42 Å². The van der Waals surface area contributed by atoms with Crippen molar-refractivity contribution in [1.82, 2.24) is 15.2 Å². The molecule has 0 saturated heterocycles. The van der Waals surface area contributed by atoms with Crippen LogP contribution in [0.5, 0.6) is 0 Å². The molecule has 4 rings (SSSR count). The van der Waals surface area contributed by atoms with E-state index in [1.807, 2.05) is 6.07 Å². The molecule has 4 nitrogen and oxygen atoms in total. The number of nitrogens with zero attached hydrogens (tertiary/aromatic N) is 2. The third-order valence-electron chi connectivity index (χ3n) is 3.66. The number of hydrogen-bond acceptors (Lipinski definition) is 3. The molecular formula is C16H13N3O. The van der Waals surface area contributed by atoms with Crippen molar-refractivity contribution < 1.29 is 4.42 Å². The van der Waals surface area contributed by atoms with Crippen molar-refractivity contribution >= 4 is 6.08 Å². The Hall–Kier alpha value is -2.62. The molecule has 1 unspecified atom stereocenters. The van der Waals surface area contributed by atoms with Crippen LogP contribution in [0.25, 0.3) is 17.7 Å². The summed E-state index contributed by atoms with van der Waals surface area (Å²) in [6, 6.07) is 10.5. The largest absolute Gasteiger partial charge is 0.443 e. The average Bonchev–Trinajstić information content (AvgIpc) is 3.16.